The maximum atomic E-state index is 12.3. The van der Waals surface area contributed by atoms with Crippen molar-refractivity contribution in [1.29, 1.82) is 0 Å². The van der Waals surface area contributed by atoms with Crippen molar-refractivity contribution in [2.45, 2.75) is 32.7 Å². The minimum Gasteiger partial charge on any atom is -0.484 e. The number of carboxylic acids is 1. The monoisotopic (exact) mass is 291 g/mol. The maximum absolute atomic E-state index is 12.3. The van der Waals surface area contributed by atoms with E-state index in [0.29, 0.717) is 12.3 Å². The molecule has 0 radical (unpaired) electrons. The molecule has 1 unspecified atom stereocenters. The summed E-state index contributed by atoms with van der Waals surface area (Å²) < 4.78 is 5.43. The Morgan fingerprint density at radius 1 is 1.33 bits per heavy atom. The standard InChI is InChI=1S/C16H21NO4/c1-16(2)9-6-10-17(14(16)15(19)20)13(18)11-21-12-7-4-3-5-8-12/h3-5,7-8,14H,6,9-11H2,1-2H3,(H,19,20). The molecule has 0 aliphatic carbocycles. The van der Waals surface area contributed by atoms with E-state index in [2.05, 4.69) is 0 Å². The van der Waals surface area contributed by atoms with E-state index in [1.807, 2.05) is 32.0 Å². The number of hydrogen-bond donors (Lipinski definition) is 1. The summed E-state index contributed by atoms with van der Waals surface area (Å²) in [7, 11) is 0. The van der Waals surface area contributed by atoms with Gasteiger partial charge in [-0.15, -0.1) is 0 Å². The third-order valence-corrected chi connectivity index (χ3v) is 3.93. The minimum atomic E-state index is -0.951. The van der Waals surface area contributed by atoms with Gasteiger partial charge in [-0.2, -0.15) is 0 Å². The molecule has 1 aromatic carbocycles. The summed E-state index contributed by atoms with van der Waals surface area (Å²) in [6.45, 7) is 4.12. The predicted octanol–water partition coefficient (Wildman–Crippen LogP) is 2.17. The van der Waals surface area contributed by atoms with Gasteiger partial charge in [0.25, 0.3) is 5.91 Å². The number of hydrogen-bond acceptors (Lipinski definition) is 3. The third kappa shape index (κ3) is 3.54. The Balaban J connectivity index is 2.04. The molecular weight excluding hydrogens is 270 g/mol. The zero-order chi connectivity index (χ0) is 15.5. The summed E-state index contributed by atoms with van der Waals surface area (Å²) in [4.78, 5) is 25.3. The highest BCUT2D eigenvalue weighted by Gasteiger charge is 2.44. The maximum Gasteiger partial charge on any atom is 0.326 e. The van der Waals surface area contributed by atoms with Crippen LogP contribution in [-0.2, 0) is 9.59 Å². The first-order valence-corrected chi connectivity index (χ1v) is 7.12. The van der Waals surface area contributed by atoms with Gasteiger partial charge in [0.15, 0.2) is 6.61 Å². The second-order valence-electron chi connectivity index (χ2n) is 6.02. The van der Waals surface area contributed by atoms with Crippen LogP contribution in [0.15, 0.2) is 30.3 Å². The van der Waals surface area contributed by atoms with Gasteiger partial charge in [-0.3, -0.25) is 4.79 Å². The van der Waals surface area contributed by atoms with Gasteiger partial charge < -0.3 is 14.7 Å². The summed E-state index contributed by atoms with van der Waals surface area (Å²) >= 11 is 0. The number of nitrogens with zero attached hydrogens (tertiary/aromatic N) is 1. The molecule has 114 valence electrons. The summed E-state index contributed by atoms with van der Waals surface area (Å²) in [6, 6.07) is 8.25. The first kappa shape index (κ1) is 15.4. The topological polar surface area (TPSA) is 66.8 Å². The molecule has 1 amide bonds. The second kappa shape index (κ2) is 6.16. The minimum absolute atomic E-state index is 0.135. The molecule has 1 aliphatic heterocycles. The van der Waals surface area contributed by atoms with E-state index in [1.54, 1.807) is 12.1 Å². The predicted molar refractivity (Wildman–Crippen MR) is 78.1 cm³/mol. The summed E-state index contributed by atoms with van der Waals surface area (Å²) in [5, 5.41) is 9.44. The van der Waals surface area contributed by atoms with Crippen molar-refractivity contribution in [1.82, 2.24) is 4.90 Å². The van der Waals surface area contributed by atoms with E-state index in [-0.39, 0.29) is 12.5 Å². The fraction of sp³-hybridized carbons (Fsp3) is 0.500. The normalized spacial score (nSPS) is 20.9. The molecule has 2 rings (SSSR count). The second-order valence-corrected chi connectivity index (χ2v) is 6.02. The molecule has 1 heterocycles. The lowest BCUT2D eigenvalue weighted by atomic mass is 9.76. The largest absolute Gasteiger partial charge is 0.484 e. The lowest BCUT2D eigenvalue weighted by Gasteiger charge is -2.43. The number of likely N-dealkylation sites (tertiary alicyclic amines) is 1. The van der Waals surface area contributed by atoms with Crippen molar-refractivity contribution < 1.29 is 19.4 Å². The highest BCUT2D eigenvalue weighted by atomic mass is 16.5. The highest BCUT2D eigenvalue weighted by Crippen LogP contribution is 2.35. The number of benzene rings is 1. The van der Waals surface area contributed by atoms with Gasteiger partial charge in [-0.05, 0) is 30.4 Å². The smallest absolute Gasteiger partial charge is 0.326 e. The number of carbonyl (C=O) groups excluding carboxylic acids is 1. The van der Waals surface area contributed by atoms with E-state index in [1.165, 1.54) is 4.90 Å². The Kier molecular flexibility index (Phi) is 4.50. The molecule has 1 aliphatic rings. The van der Waals surface area contributed by atoms with Gasteiger partial charge in [0, 0.05) is 6.54 Å². The molecule has 1 atom stereocenters. The molecule has 0 saturated carbocycles. The van der Waals surface area contributed by atoms with Crippen LogP contribution in [0.1, 0.15) is 26.7 Å². The molecule has 5 nitrogen and oxygen atoms in total. The van der Waals surface area contributed by atoms with Crippen LogP contribution in [-0.4, -0.2) is 41.1 Å². The van der Waals surface area contributed by atoms with Gasteiger partial charge in [-0.1, -0.05) is 32.0 Å². The Morgan fingerprint density at radius 2 is 2.00 bits per heavy atom. The van der Waals surface area contributed by atoms with Crippen LogP contribution in [0.2, 0.25) is 0 Å². The average Bonchev–Trinajstić information content (AvgIpc) is 2.44. The molecule has 5 heteroatoms. The molecule has 0 bridgehead atoms. The zero-order valence-corrected chi connectivity index (χ0v) is 12.4. The number of rotatable bonds is 4. The lowest BCUT2D eigenvalue weighted by molar-refractivity contribution is -0.159. The van der Waals surface area contributed by atoms with E-state index in [4.69, 9.17) is 4.74 Å². The summed E-state index contributed by atoms with van der Waals surface area (Å²) in [6.07, 6.45) is 1.61. The number of carbonyl (C=O) groups is 2. The Hall–Kier alpha value is -2.04. The van der Waals surface area contributed by atoms with Crippen molar-refractivity contribution in [2.24, 2.45) is 5.41 Å². The fourth-order valence-electron chi connectivity index (χ4n) is 2.87. The number of carboxylic acid groups (broad SMARTS) is 1. The molecule has 21 heavy (non-hydrogen) atoms. The van der Waals surface area contributed by atoms with Crippen LogP contribution >= 0.6 is 0 Å². The van der Waals surface area contributed by atoms with Gasteiger partial charge in [0.05, 0.1) is 0 Å². The van der Waals surface area contributed by atoms with Gasteiger partial charge in [0.1, 0.15) is 11.8 Å². The van der Waals surface area contributed by atoms with Crippen molar-refractivity contribution in [3.05, 3.63) is 30.3 Å². The number of amides is 1. The Morgan fingerprint density at radius 3 is 2.62 bits per heavy atom. The van der Waals surface area contributed by atoms with Crippen LogP contribution in [0.4, 0.5) is 0 Å². The van der Waals surface area contributed by atoms with Crippen LogP contribution in [0.5, 0.6) is 5.75 Å². The number of para-hydroxylation sites is 1. The number of aliphatic carboxylic acids is 1. The van der Waals surface area contributed by atoms with Gasteiger partial charge in [0.2, 0.25) is 0 Å². The Bertz CT molecular complexity index is 512. The van der Waals surface area contributed by atoms with Crippen molar-refractivity contribution in [3.63, 3.8) is 0 Å². The average molecular weight is 291 g/mol. The first-order chi connectivity index (χ1) is 9.92. The van der Waals surface area contributed by atoms with Crippen LogP contribution < -0.4 is 4.74 Å². The zero-order valence-electron chi connectivity index (χ0n) is 12.4. The van der Waals surface area contributed by atoms with Crippen LogP contribution in [0, 0.1) is 5.41 Å². The molecule has 0 spiro atoms. The highest BCUT2D eigenvalue weighted by molar-refractivity contribution is 5.85. The fourth-order valence-corrected chi connectivity index (χ4v) is 2.87. The van der Waals surface area contributed by atoms with Gasteiger partial charge >= 0.3 is 5.97 Å². The van der Waals surface area contributed by atoms with Crippen LogP contribution in [0.25, 0.3) is 0 Å². The SMILES string of the molecule is CC1(C)CCCN(C(=O)COc2ccccc2)C1C(=O)O. The molecule has 1 saturated heterocycles. The quantitative estimate of drug-likeness (QED) is 0.923. The van der Waals surface area contributed by atoms with E-state index < -0.39 is 17.4 Å². The summed E-state index contributed by atoms with van der Waals surface area (Å²) in [5.74, 6) is -0.624. The first-order valence-electron chi connectivity index (χ1n) is 7.12. The number of ether oxygens (including phenoxy) is 1. The summed E-state index contributed by atoms with van der Waals surface area (Å²) in [5.41, 5.74) is -0.424. The van der Waals surface area contributed by atoms with E-state index in [0.717, 1.165) is 12.8 Å². The van der Waals surface area contributed by atoms with Crippen molar-refractivity contribution >= 4 is 11.9 Å². The molecule has 0 aromatic heterocycles. The number of piperidine rings is 1. The lowest BCUT2D eigenvalue weighted by Crippen LogP contribution is -2.57. The molecule has 1 aromatic rings. The molecular formula is C16H21NO4. The van der Waals surface area contributed by atoms with E-state index >= 15 is 0 Å². The molecule has 1 N–H and O–H groups in total. The van der Waals surface area contributed by atoms with Crippen molar-refractivity contribution in [2.75, 3.05) is 13.2 Å². The van der Waals surface area contributed by atoms with E-state index in [9.17, 15) is 14.7 Å². The van der Waals surface area contributed by atoms with Crippen molar-refractivity contribution in [3.8, 4) is 5.75 Å². The molecule has 1 fully saturated rings. The Labute approximate surface area is 124 Å². The van der Waals surface area contributed by atoms with Crippen LogP contribution in [0.3, 0.4) is 0 Å². The van der Waals surface area contributed by atoms with Gasteiger partial charge in [-0.25, -0.2) is 4.79 Å². The third-order valence-electron chi connectivity index (χ3n) is 3.93.